The smallest absolute Gasteiger partial charge is 0.246 e. The van der Waals surface area contributed by atoms with E-state index in [2.05, 4.69) is 32.9 Å². The van der Waals surface area contributed by atoms with Crippen molar-refractivity contribution < 1.29 is 9.28 Å². The summed E-state index contributed by atoms with van der Waals surface area (Å²) in [5, 5.41) is 2.86. The Morgan fingerprint density at radius 3 is 2.31 bits per heavy atom. The van der Waals surface area contributed by atoms with Crippen molar-refractivity contribution >= 4 is 5.91 Å². The average Bonchev–Trinajstić information content (AvgIpc) is 2.21. The molecule has 3 nitrogen and oxygen atoms in total. The highest BCUT2D eigenvalue weighted by atomic mass is 16.1. The number of quaternary nitrogens is 1. The lowest BCUT2D eigenvalue weighted by Gasteiger charge is -2.29. The normalized spacial score (nSPS) is 11.2. The first-order chi connectivity index (χ1) is 7.39. The minimum absolute atomic E-state index is 0.0288. The maximum atomic E-state index is 11.2. The highest BCUT2D eigenvalue weighted by Gasteiger charge is 2.13. The molecule has 0 unspecified atom stereocenters. The largest absolute Gasteiger partial charge is 0.352 e. The predicted molar refractivity (Wildman–Crippen MR) is 69.2 cm³/mol. The van der Waals surface area contributed by atoms with Crippen LogP contribution in [0, 0.1) is 0 Å². The molecule has 0 bridgehead atoms. The summed E-state index contributed by atoms with van der Waals surface area (Å²) in [7, 11) is 4.49. The second kappa shape index (κ2) is 7.44. The Bertz CT molecular complexity index is 234. The first-order valence-corrected chi connectivity index (χ1v) is 6.15. The molecule has 0 radical (unpaired) electrons. The Labute approximate surface area is 100 Å². The first-order valence-electron chi connectivity index (χ1n) is 6.15. The van der Waals surface area contributed by atoms with Gasteiger partial charge in [0.2, 0.25) is 5.91 Å². The molecule has 0 aliphatic carbocycles. The van der Waals surface area contributed by atoms with Gasteiger partial charge in [-0.15, -0.1) is 0 Å². The molecule has 0 atom stereocenters. The number of carbonyl (C=O) groups excluding carboxylic acids is 1. The zero-order valence-corrected chi connectivity index (χ0v) is 11.3. The summed E-state index contributed by atoms with van der Waals surface area (Å²) in [5.74, 6) is -0.0288. The number of carbonyl (C=O) groups is 1. The molecule has 0 aromatic heterocycles. The van der Waals surface area contributed by atoms with Crippen LogP contribution in [-0.2, 0) is 4.79 Å². The summed E-state index contributed by atoms with van der Waals surface area (Å²) in [5.41, 5.74) is 0.583. The maximum absolute atomic E-state index is 11.2. The van der Waals surface area contributed by atoms with Crippen molar-refractivity contribution in [2.24, 2.45) is 0 Å². The predicted octanol–water partition coefficient (Wildman–Crippen LogP) is 1.95. The van der Waals surface area contributed by atoms with E-state index >= 15 is 0 Å². The molecule has 1 amide bonds. The monoisotopic (exact) mass is 227 g/mol. The SMILES string of the molecule is C=C(C)C(=O)NCCC[N+](C)(C)CCCC. The number of rotatable bonds is 8. The first kappa shape index (κ1) is 15.2. The molecule has 3 heteroatoms. The molecule has 0 saturated heterocycles. The Morgan fingerprint density at radius 2 is 1.81 bits per heavy atom. The molecule has 0 fully saturated rings. The zero-order chi connectivity index (χ0) is 12.6. The second-order valence-electron chi connectivity index (χ2n) is 5.13. The van der Waals surface area contributed by atoms with Gasteiger partial charge >= 0.3 is 0 Å². The van der Waals surface area contributed by atoms with Gasteiger partial charge in [-0.05, 0) is 13.3 Å². The highest BCUT2D eigenvalue weighted by Crippen LogP contribution is 2.02. The summed E-state index contributed by atoms with van der Waals surface area (Å²) >= 11 is 0. The van der Waals surface area contributed by atoms with E-state index in [1.807, 2.05) is 0 Å². The number of nitrogens with one attached hydrogen (secondary N) is 1. The van der Waals surface area contributed by atoms with E-state index in [4.69, 9.17) is 0 Å². The maximum Gasteiger partial charge on any atom is 0.246 e. The standard InChI is InChI=1S/C13H26N2O/c1-6-7-10-15(4,5)11-8-9-14-13(16)12(2)3/h2,6-11H2,1,3-5H3/p+1. The Balaban J connectivity index is 3.64. The molecule has 0 aromatic carbocycles. The van der Waals surface area contributed by atoms with Crippen LogP contribution in [0.3, 0.4) is 0 Å². The fraction of sp³-hybridized carbons (Fsp3) is 0.769. The summed E-state index contributed by atoms with van der Waals surface area (Å²) in [6.45, 7) is 10.6. The van der Waals surface area contributed by atoms with Gasteiger partial charge in [0.15, 0.2) is 0 Å². The third kappa shape index (κ3) is 7.46. The Hall–Kier alpha value is -0.830. The van der Waals surface area contributed by atoms with E-state index in [1.54, 1.807) is 6.92 Å². The van der Waals surface area contributed by atoms with Crippen LogP contribution in [-0.4, -0.2) is 44.1 Å². The van der Waals surface area contributed by atoms with Gasteiger partial charge in [0.25, 0.3) is 0 Å². The van der Waals surface area contributed by atoms with Crippen LogP contribution in [0.4, 0.5) is 0 Å². The number of amides is 1. The van der Waals surface area contributed by atoms with Crippen LogP contribution in [0.5, 0.6) is 0 Å². The lowest BCUT2D eigenvalue weighted by atomic mass is 10.2. The van der Waals surface area contributed by atoms with Gasteiger partial charge in [-0.2, -0.15) is 0 Å². The molecule has 0 rings (SSSR count). The van der Waals surface area contributed by atoms with Gasteiger partial charge in [0.1, 0.15) is 0 Å². The van der Waals surface area contributed by atoms with E-state index in [0.717, 1.165) is 24.0 Å². The molecule has 0 aromatic rings. The number of hydrogen-bond donors (Lipinski definition) is 1. The fourth-order valence-electron chi connectivity index (χ4n) is 1.56. The molecule has 1 N–H and O–H groups in total. The molecule has 0 aliphatic heterocycles. The van der Waals surface area contributed by atoms with Crippen molar-refractivity contribution in [3.05, 3.63) is 12.2 Å². The van der Waals surface area contributed by atoms with Gasteiger partial charge in [-0.3, -0.25) is 4.79 Å². The van der Waals surface area contributed by atoms with Crippen LogP contribution >= 0.6 is 0 Å². The molecule has 0 aliphatic rings. The lowest BCUT2D eigenvalue weighted by molar-refractivity contribution is -0.890. The topological polar surface area (TPSA) is 29.1 Å². The molecule has 0 saturated carbocycles. The number of hydrogen-bond acceptors (Lipinski definition) is 1. The molecule has 0 heterocycles. The summed E-state index contributed by atoms with van der Waals surface area (Å²) in [6.07, 6.45) is 3.54. The van der Waals surface area contributed by atoms with Gasteiger partial charge in [-0.25, -0.2) is 0 Å². The molecule has 0 spiro atoms. The lowest BCUT2D eigenvalue weighted by Crippen LogP contribution is -2.42. The third-order valence-corrected chi connectivity index (χ3v) is 2.73. The third-order valence-electron chi connectivity index (χ3n) is 2.73. The van der Waals surface area contributed by atoms with Crippen LogP contribution in [0.1, 0.15) is 33.1 Å². The molecule has 94 valence electrons. The minimum atomic E-state index is -0.0288. The average molecular weight is 227 g/mol. The minimum Gasteiger partial charge on any atom is -0.352 e. The van der Waals surface area contributed by atoms with Crippen LogP contribution in [0.15, 0.2) is 12.2 Å². The quantitative estimate of drug-likeness (QED) is 0.383. The van der Waals surface area contributed by atoms with Crippen molar-refractivity contribution in [3.63, 3.8) is 0 Å². The van der Waals surface area contributed by atoms with Gasteiger partial charge in [0.05, 0.1) is 27.2 Å². The van der Waals surface area contributed by atoms with Crippen molar-refractivity contribution in [1.82, 2.24) is 5.32 Å². The van der Waals surface area contributed by atoms with E-state index < -0.39 is 0 Å². The van der Waals surface area contributed by atoms with Crippen molar-refractivity contribution in [1.29, 1.82) is 0 Å². The Kier molecular flexibility index (Phi) is 7.06. The van der Waals surface area contributed by atoms with Gasteiger partial charge < -0.3 is 9.80 Å². The summed E-state index contributed by atoms with van der Waals surface area (Å²) < 4.78 is 1.04. The van der Waals surface area contributed by atoms with Gasteiger partial charge in [-0.1, -0.05) is 19.9 Å². The summed E-state index contributed by atoms with van der Waals surface area (Å²) in [6, 6.07) is 0. The Morgan fingerprint density at radius 1 is 1.25 bits per heavy atom. The van der Waals surface area contributed by atoms with Crippen LogP contribution in [0.25, 0.3) is 0 Å². The number of nitrogens with zero attached hydrogens (tertiary/aromatic N) is 1. The van der Waals surface area contributed by atoms with E-state index in [9.17, 15) is 4.79 Å². The van der Waals surface area contributed by atoms with E-state index in [0.29, 0.717) is 5.57 Å². The van der Waals surface area contributed by atoms with Crippen molar-refractivity contribution in [2.45, 2.75) is 33.1 Å². The molecule has 16 heavy (non-hydrogen) atoms. The fourth-order valence-corrected chi connectivity index (χ4v) is 1.56. The summed E-state index contributed by atoms with van der Waals surface area (Å²) in [4.78, 5) is 11.2. The number of unbranched alkanes of at least 4 members (excludes halogenated alkanes) is 1. The van der Waals surface area contributed by atoms with Crippen molar-refractivity contribution in [2.75, 3.05) is 33.7 Å². The van der Waals surface area contributed by atoms with E-state index in [1.165, 1.54) is 19.4 Å². The second-order valence-corrected chi connectivity index (χ2v) is 5.13. The molecular formula is C13H27N2O+. The van der Waals surface area contributed by atoms with E-state index in [-0.39, 0.29) is 5.91 Å². The zero-order valence-electron chi connectivity index (χ0n) is 11.3. The van der Waals surface area contributed by atoms with Crippen LogP contribution in [0.2, 0.25) is 0 Å². The van der Waals surface area contributed by atoms with Gasteiger partial charge in [0, 0.05) is 18.5 Å². The highest BCUT2D eigenvalue weighted by molar-refractivity contribution is 5.91. The van der Waals surface area contributed by atoms with Crippen molar-refractivity contribution in [3.8, 4) is 0 Å². The molecular weight excluding hydrogens is 200 g/mol. The van der Waals surface area contributed by atoms with Crippen LogP contribution < -0.4 is 5.32 Å².